The number of nitrogens with zero attached hydrogens (tertiary/aromatic N) is 1. The molecule has 0 radical (unpaired) electrons. The fourth-order valence-electron chi connectivity index (χ4n) is 6.67. The molecule has 5 heterocycles. The molecule has 1 aromatic rings. The number of H-pyrrole nitrogens is 1. The number of fused-ring (bicyclic) bond motifs is 2. The smallest absolute Gasteiger partial charge is 0.201 e. The van der Waals surface area contributed by atoms with Crippen LogP contribution in [0, 0.1) is 23.7 Å². The molecule has 1 N–H and O–H groups in total. The van der Waals surface area contributed by atoms with Crippen molar-refractivity contribution in [2.45, 2.75) is 90.6 Å². The summed E-state index contributed by atoms with van der Waals surface area (Å²) in [7, 11) is 0. The molecule has 2 bridgehead atoms. The van der Waals surface area contributed by atoms with Gasteiger partial charge < -0.3 is 14.5 Å². The predicted octanol–water partition coefficient (Wildman–Crippen LogP) is 4.78. The van der Waals surface area contributed by atoms with E-state index in [0.29, 0.717) is 23.7 Å². The number of aromatic amines is 1. The van der Waals surface area contributed by atoms with Crippen molar-refractivity contribution in [1.82, 2.24) is 9.88 Å². The minimum absolute atomic E-state index is 0.0170. The summed E-state index contributed by atoms with van der Waals surface area (Å²) in [5.41, 5.74) is 1.92. The first-order valence-electron chi connectivity index (χ1n) is 12.0. The van der Waals surface area contributed by atoms with E-state index in [9.17, 15) is 0 Å². The van der Waals surface area contributed by atoms with E-state index >= 15 is 0 Å². The lowest BCUT2D eigenvalue weighted by molar-refractivity contribution is -0.571. The van der Waals surface area contributed by atoms with E-state index in [1.54, 1.807) is 0 Å². The summed E-state index contributed by atoms with van der Waals surface area (Å²) >= 11 is 0. The Hall–Kier alpha value is -0.920. The topological polar surface area (TPSA) is 56.0 Å². The molecule has 1 aromatic heterocycles. The molecule has 4 saturated heterocycles. The van der Waals surface area contributed by atoms with Gasteiger partial charge in [0.05, 0.1) is 0 Å². The molecule has 168 valence electrons. The summed E-state index contributed by atoms with van der Waals surface area (Å²) in [6, 6.07) is 4.41. The zero-order valence-electron chi connectivity index (χ0n) is 19.1. The van der Waals surface area contributed by atoms with Gasteiger partial charge in [-0.3, -0.25) is 4.90 Å². The second-order valence-corrected chi connectivity index (χ2v) is 10.2. The van der Waals surface area contributed by atoms with Crippen LogP contribution in [0.5, 0.6) is 0 Å². The molecule has 1 saturated carbocycles. The third-order valence-corrected chi connectivity index (χ3v) is 8.52. The first-order valence-corrected chi connectivity index (χ1v) is 12.0. The summed E-state index contributed by atoms with van der Waals surface area (Å²) < 4.78 is 13.2. The van der Waals surface area contributed by atoms with Gasteiger partial charge in [0.1, 0.15) is 6.10 Å². The Labute approximate surface area is 180 Å². The van der Waals surface area contributed by atoms with Crippen LogP contribution in [0.25, 0.3) is 0 Å². The van der Waals surface area contributed by atoms with Crippen LogP contribution in [-0.2, 0) is 25.8 Å². The fourth-order valence-corrected chi connectivity index (χ4v) is 6.67. The monoisotopic (exact) mass is 418 g/mol. The van der Waals surface area contributed by atoms with Gasteiger partial charge in [0, 0.05) is 30.3 Å². The minimum Gasteiger partial charge on any atom is -0.359 e. The highest BCUT2D eigenvalue weighted by Gasteiger charge is 2.69. The summed E-state index contributed by atoms with van der Waals surface area (Å²) in [4.78, 5) is 18.3. The van der Waals surface area contributed by atoms with Crippen molar-refractivity contribution >= 4 is 0 Å². The highest BCUT2D eigenvalue weighted by molar-refractivity contribution is 5.19. The third kappa shape index (κ3) is 3.10. The molecule has 6 nitrogen and oxygen atoms in total. The highest BCUT2D eigenvalue weighted by Crippen LogP contribution is 2.62. The molecular weight excluding hydrogens is 380 g/mol. The van der Waals surface area contributed by atoms with E-state index in [1.807, 2.05) is 6.92 Å². The molecule has 1 aliphatic carbocycles. The second kappa shape index (κ2) is 7.59. The Morgan fingerprint density at radius 2 is 1.87 bits per heavy atom. The Kier molecular flexibility index (Phi) is 5.30. The van der Waals surface area contributed by atoms with E-state index in [0.717, 1.165) is 44.6 Å². The van der Waals surface area contributed by atoms with Crippen molar-refractivity contribution in [2.24, 2.45) is 23.7 Å². The van der Waals surface area contributed by atoms with Crippen LogP contribution in [-0.4, -0.2) is 40.7 Å². The van der Waals surface area contributed by atoms with Crippen molar-refractivity contribution in [1.29, 1.82) is 0 Å². The van der Waals surface area contributed by atoms with E-state index in [-0.39, 0.29) is 12.4 Å². The maximum Gasteiger partial charge on any atom is 0.201 e. The lowest BCUT2D eigenvalue weighted by Crippen LogP contribution is -2.69. The van der Waals surface area contributed by atoms with Crippen molar-refractivity contribution < 1.29 is 19.2 Å². The largest absolute Gasteiger partial charge is 0.359 e. The summed E-state index contributed by atoms with van der Waals surface area (Å²) in [5.74, 6) is 0.975. The number of rotatable bonds is 5. The lowest BCUT2D eigenvalue weighted by Gasteiger charge is -2.60. The van der Waals surface area contributed by atoms with Gasteiger partial charge in [0.25, 0.3) is 0 Å². The van der Waals surface area contributed by atoms with Crippen molar-refractivity contribution in [2.75, 3.05) is 13.1 Å². The lowest BCUT2D eigenvalue weighted by atomic mass is 9.57. The Balaban J connectivity index is 1.45. The molecule has 0 amide bonds. The molecule has 5 fully saturated rings. The third-order valence-electron chi connectivity index (χ3n) is 8.52. The van der Waals surface area contributed by atoms with Gasteiger partial charge in [-0.25, -0.2) is 9.78 Å². The SMILES string of the molecule is CCN(CC)Cc1ccc([C@@H]2O[C@@H]3O[C@@]4(C)CC[C@H]5[C@H](C)CC[C@@H]([C@H]2C)[C@@]35OO4)[nH]1. The van der Waals surface area contributed by atoms with Gasteiger partial charge in [0.15, 0.2) is 11.9 Å². The predicted molar refractivity (Wildman–Crippen MR) is 113 cm³/mol. The molecule has 8 atom stereocenters. The second-order valence-electron chi connectivity index (χ2n) is 10.2. The van der Waals surface area contributed by atoms with E-state index in [1.165, 1.54) is 12.1 Å². The summed E-state index contributed by atoms with van der Waals surface area (Å²) in [5, 5.41) is 0. The van der Waals surface area contributed by atoms with Crippen LogP contribution in [0.4, 0.5) is 0 Å². The molecule has 4 aliphatic heterocycles. The van der Waals surface area contributed by atoms with Gasteiger partial charge in [-0.1, -0.05) is 27.7 Å². The number of aromatic nitrogens is 1. The Bertz CT molecular complexity index is 764. The van der Waals surface area contributed by atoms with Crippen molar-refractivity contribution in [3.8, 4) is 0 Å². The number of hydrogen-bond acceptors (Lipinski definition) is 5. The van der Waals surface area contributed by atoms with Gasteiger partial charge in [0.2, 0.25) is 5.79 Å². The first kappa shape index (κ1) is 21.0. The van der Waals surface area contributed by atoms with Gasteiger partial charge in [-0.15, -0.1) is 0 Å². The number of nitrogens with one attached hydrogen (secondary N) is 1. The Morgan fingerprint density at radius 3 is 2.63 bits per heavy atom. The quantitative estimate of drug-likeness (QED) is 0.698. The molecule has 6 heteroatoms. The van der Waals surface area contributed by atoms with Crippen LogP contribution in [0.15, 0.2) is 12.1 Å². The average molecular weight is 419 g/mol. The minimum atomic E-state index is -0.716. The van der Waals surface area contributed by atoms with Crippen LogP contribution in [0.2, 0.25) is 0 Å². The van der Waals surface area contributed by atoms with Gasteiger partial charge >= 0.3 is 0 Å². The van der Waals surface area contributed by atoms with Crippen LogP contribution in [0.3, 0.4) is 0 Å². The summed E-state index contributed by atoms with van der Waals surface area (Å²) in [6.45, 7) is 14.1. The Morgan fingerprint density at radius 1 is 1.07 bits per heavy atom. The van der Waals surface area contributed by atoms with Gasteiger partial charge in [-0.2, -0.15) is 0 Å². The fraction of sp³-hybridized carbons (Fsp3) is 0.833. The molecular formula is C24H38N2O4. The van der Waals surface area contributed by atoms with Crippen LogP contribution < -0.4 is 0 Å². The number of hydrogen-bond donors (Lipinski definition) is 1. The molecule has 5 aliphatic rings. The normalized spacial score (nSPS) is 45.4. The molecule has 1 spiro atoms. The van der Waals surface area contributed by atoms with E-state index in [4.69, 9.17) is 19.2 Å². The van der Waals surface area contributed by atoms with Crippen molar-refractivity contribution in [3.05, 3.63) is 23.5 Å². The maximum absolute atomic E-state index is 6.74. The molecule has 6 rings (SSSR count). The van der Waals surface area contributed by atoms with E-state index in [2.05, 4.69) is 49.7 Å². The maximum atomic E-state index is 6.74. The van der Waals surface area contributed by atoms with Crippen molar-refractivity contribution in [3.63, 3.8) is 0 Å². The van der Waals surface area contributed by atoms with Crippen LogP contribution in [0.1, 0.15) is 77.8 Å². The highest BCUT2D eigenvalue weighted by atomic mass is 17.3. The molecule has 30 heavy (non-hydrogen) atoms. The molecule has 0 aromatic carbocycles. The standard InChI is InChI=1S/C24H38N2O4/c1-6-26(7-2)14-17-9-11-20(25-17)21-16(4)19-10-8-15(3)18-12-13-23(5)28-22(27-21)24(18,19)30-29-23/h9,11,15-16,18-19,21-22,25H,6-8,10,12-14H2,1-5H3/t15-,16-,18+,19+,21-,22-,23-,24-/m1/s1. The zero-order valence-corrected chi connectivity index (χ0v) is 19.1. The summed E-state index contributed by atoms with van der Waals surface area (Å²) in [6.07, 6.45) is 3.89. The van der Waals surface area contributed by atoms with Crippen LogP contribution >= 0.6 is 0 Å². The van der Waals surface area contributed by atoms with E-state index < -0.39 is 11.4 Å². The first-order chi connectivity index (χ1) is 14.4. The average Bonchev–Trinajstić information content (AvgIpc) is 3.08. The van der Waals surface area contributed by atoms with Gasteiger partial charge in [-0.05, 0) is 69.2 Å². The number of ether oxygens (including phenoxy) is 2. The zero-order chi connectivity index (χ0) is 21.1. The molecule has 0 unspecified atom stereocenters.